The molecule has 6 nitrogen and oxygen atoms in total. The van der Waals surface area contributed by atoms with Gasteiger partial charge in [0.15, 0.2) is 0 Å². The Bertz CT molecular complexity index is 1030. The molecule has 2 aromatic carbocycles. The Morgan fingerprint density at radius 2 is 2.00 bits per heavy atom. The monoisotopic (exact) mass is 384 g/mol. The molecule has 0 saturated carbocycles. The fourth-order valence-electron chi connectivity index (χ4n) is 3.57. The lowest BCUT2D eigenvalue weighted by atomic mass is 9.99. The van der Waals surface area contributed by atoms with Crippen molar-refractivity contribution in [3.05, 3.63) is 60.3 Å². The van der Waals surface area contributed by atoms with Crippen LogP contribution in [0.15, 0.2) is 54.7 Å². The van der Waals surface area contributed by atoms with E-state index in [4.69, 9.17) is 0 Å². The van der Waals surface area contributed by atoms with Gasteiger partial charge in [0.2, 0.25) is 5.91 Å². The van der Waals surface area contributed by atoms with Gasteiger partial charge in [-0.1, -0.05) is 30.3 Å². The van der Waals surface area contributed by atoms with Gasteiger partial charge in [-0.25, -0.2) is 0 Å². The molecule has 0 aliphatic carbocycles. The van der Waals surface area contributed by atoms with Gasteiger partial charge in [-0.05, 0) is 23.8 Å². The lowest BCUT2D eigenvalue weighted by molar-refractivity contribution is -0.143. The van der Waals surface area contributed by atoms with Crippen LogP contribution in [-0.4, -0.2) is 34.0 Å². The second-order valence-electron chi connectivity index (χ2n) is 6.93. The summed E-state index contributed by atoms with van der Waals surface area (Å²) in [5, 5.41) is 10.0. The molecule has 0 spiro atoms. The Hall–Kier alpha value is -3.29. The second-order valence-corrected chi connectivity index (χ2v) is 6.93. The smallest absolute Gasteiger partial charge is 0.321 e. The van der Waals surface area contributed by atoms with Crippen LogP contribution in [0.1, 0.15) is 24.9 Å². The topological polar surface area (TPSA) is 78.1 Å². The standard InChI is InChI=1S/C20H18F2N4O2/c1-20(21,22)19(28)24-16-10-17(27)26(18(16)12-5-3-2-4-6-12)14-7-8-15-13(9-14)11-23-25-15/h2-9,11,16,18H,10H2,1H3,(H,23,25)(H,24,28)/t16-,18?/m0/s1. The third-order valence-electron chi connectivity index (χ3n) is 4.88. The van der Waals surface area contributed by atoms with Crippen molar-refractivity contribution in [3.8, 4) is 0 Å². The van der Waals surface area contributed by atoms with Crippen molar-refractivity contribution in [2.75, 3.05) is 4.90 Å². The number of carbonyl (C=O) groups excluding carboxylic acids is 2. The van der Waals surface area contributed by atoms with E-state index < -0.39 is 23.9 Å². The number of halogens is 2. The van der Waals surface area contributed by atoms with Crippen LogP contribution in [0.5, 0.6) is 0 Å². The first kappa shape index (κ1) is 18.1. The SMILES string of the molecule is CC(F)(F)C(=O)N[C@H]1CC(=O)N(c2ccc3[nH]ncc3c2)C1c1ccccc1. The van der Waals surface area contributed by atoms with E-state index in [1.807, 2.05) is 36.4 Å². The Morgan fingerprint density at radius 3 is 2.71 bits per heavy atom. The zero-order valence-corrected chi connectivity index (χ0v) is 15.0. The van der Waals surface area contributed by atoms with Crippen LogP contribution in [0.25, 0.3) is 10.9 Å². The van der Waals surface area contributed by atoms with E-state index in [2.05, 4.69) is 15.5 Å². The van der Waals surface area contributed by atoms with Gasteiger partial charge < -0.3 is 10.2 Å². The Balaban J connectivity index is 1.75. The van der Waals surface area contributed by atoms with Gasteiger partial charge in [0.1, 0.15) is 0 Å². The van der Waals surface area contributed by atoms with Crippen molar-refractivity contribution < 1.29 is 18.4 Å². The van der Waals surface area contributed by atoms with Gasteiger partial charge in [0.25, 0.3) is 5.91 Å². The van der Waals surface area contributed by atoms with Crippen LogP contribution in [-0.2, 0) is 9.59 Å². The maximum absolute atomic E-state index is 13.4. The molecule has 1 aliphatic rings. The molecule has 2 amide bonds. The summed E-state index contributed by atoms with van der Waals surface area (Å²) in [6, 6.07) is 13.1. The molecule has 4 rings (SSSR count). The molecule has 144 valence electrons. The van der Waals surface area contributed by atoms with E-state index in [-0.39, 0.29) is 12.3 Å². The molecule has 1 aliphatic heterocycles. The van der Waals surface area contributed by atoms with Crippen LogP contribution < -0.4 is 10.2 Å². The summed E-state index contributed by atoms with van der Waals surface area (Å²) in [7, 11) is 0. The molecule has 2 N–H and O–H groups in total. The first-order valence-corrected chi connectivity index (χ1v) is 8.83. The third-order valence-corrected chi connectivity index (χ3v) is 4.88. The number of hydrogen-bond acceptors (Lipinski definition) is 3. The van der Waals surface area contributed by atoms with E-state index in [1.54, 1.807) is 23.2 Å². The zero-order valence-electron chi connectivity index (χ0n) is 15.0. The number of aromatic amines is 1. The van der Waals surface area contributed by atoms with Crippen LogP contribution in [0.3, 0.4) is 0 Å². The highest BCUT2D eigenvalue weighted by Gasteiger charge is 2.45. The normalized spacial score (nSPS) is 20.0. The largest absolute Gasteiger partial charge is 0.345 e. The Kier molecular flexibility index (Phi) is 4.33. The van der Waals surface area contributed by atoms with Gasteiger partial charge in [0, 0.05) is 24.4 Å². The molecule has 3 aromatic rings. The number of hydrogen-bond donors (Lipinski definition) is 2. The van der Waals surface area contributed by atoms with Crippen LogP contribution in [0.2, 0.25) is 0 Å². The number of fused-ring (bicyclic) bond motifs is 1. The van der Waals surface area contributed by atoms with Crippen molar-refractivity contribution >= 4 is 28.4 Å². The summed E-state index contributed by atoms with van der Waals surface area (Å²) in [6.45, 7) is 0.543. The van der Waals surface area contributed by atoms with Gasteiger partial charge in [-0.15, -0.1) is 0 Å². The summed E-state index contributed by atoms with van der Waals surface area (Å²) in [4.78, 5) is 26.3. The van der Waals surface area contributed by atoms with Crippen LogP contribution in [0.4, 0.5) is 14.5 Å². The molecule has 28 heavy (non-hydrogen) atoms. The molecular weight excluding hydrogens is 366 g/mol. The predicted molar refractivity (Wildman–Crippen MR) is 99.9 cm³/mol. The molecule has 0 bridgehead atoms. The molecule has 2 heterocycles. The van der Waals surface area contributed by atoms with E-state index in [0.29, 0.717) is 12.6 Å². The predicted octanol–water partition coefficient (Wildman–Crippen LogP) is 3.18. The second kappa shape index (κ2) is 6.70. The fraction of sp³-hybridized carbons (Fsp3) is 0.250. The Labute approximate surface area is 159 Å². The summed E-state index contributed by atoms with van der Waals surface area (Å²) >= 11 is 0. The first-order chi connectivity index (χ1) is 13.3. The van der Waals surface area contributed by atoms with Gasteiger partial charge in [0.05, 0.1) is 23.8 Å². The summed E-state index contributed by atoms with van der Waals surface area (Å²) in [5.41, 5.74) is 2.19. The number of nitrogens with one attached hydrogen (secondary N) is 2. The van der Waals surface area contributed by atoms with Crippen molar-refractivity contribution in [3.63, 3.8) is 0 Å². The quantitative estimate of drug-likeness (QED) is 0.725. The number of aromatic nitrogens is 2. The van der Waals surface area contributed by atoms with E-state index in [9.17, 15) is 18.4 Å². The molecule has 1 unspecified atom stereocenters. The number of nitrogens with zero attached hydrogens (tertiary/aromatic N) is 2. The molecule has 2 atom stereocenters. The third kappa shape index (κ3) is 3.21. The molecule has 1 fully saturated rings. The maximum atomic E-state index is 13.4. The lowest BCUT2D eigenvalue weighted by Gasteiger charge is -2.29. The van der Waals surface area contributed by atoms with E-state index in [1.165, 1.54) is 0 Å². The highest BCUT2D eigenvalue weighted by atomic mass is 19.3. The number of H-pyrrole nitrogens is 1. The average molecular weight is 384 g/mol. The minimum atomic E-state index is -3.52. The van der Waals surface area contributed by atoms with Gasteiger partial charge in [-0.3, -0.25) is 14.7 Å². The summed E-state index contributed by atoms with van der Waals surface area (Å²) < 4.78 is 26.9. The van der Waals surface area contributed by atoms with E-state index in [0.717, 1.165) is 16.5 Å². The van der Waals surface area contributed by atoms with Crippen LogP contribution >= 0.6 is 0 Å². The zero-order chi connectivity index (χ0) is 19.9. The fourth-order valence-corrected chi connectivity index (χ4v) is 3.57. The summed E-state index contributed by atoms with van der Waals surface area (Å²) in [6.07, 6.45) is 1.58. The number of alkyl halides is 2. The number of carbonyl (C=O) groups is 2. The highest BCUT2D eigenvalue weighted by molar-refractivity contribution is 6.00. The summed E-state index contributed by atoms with van der Waals surface area (Å²) in [5.74, 6) is -5.16. The molecule has 1 aromatic heterocycles. The minimum absolute atomic E-state index is 0.0647. The van der Waals surface area contributed by atoms with Crippen molar-refractivity contribution in [1.82, 2.24) is 15.5 Å². The first-order valence-electron chi connectivity index (χ1n) is 8.83. The maximum Gasteiger partial charge on any atom is 0.321 e. The molecule has 0 radical (unpaired) electrons. The number of rotatable bonds is 4. The molecule has 8 heteroatoms. The van der Waals surface area contributed by atoms with Crippen molar-refractivity contribution in [2.24, 2.45) is 0 Å². The average Bonchev–Trinajstić information content (AvgIpc) is 3.25. The van der Waals surface area contributed by atoms with Crippen molar-refractivity contribution in [2.45, 2.75) is 31.4 Å². The van der Waals surface area contributed by atoms with Gasteiger partial charge in [-0.2, -0.15) is 13.9 Å². The van der Waals surface area contributed by atoms with E-state index >= 15 is 0 Å². The number of benzene rings is 2. The van der Waals surface area contributed by atoms with Crippen molar-refractivity contribution in [1.29, 1.82) is 0 Å². The number of anilines is 1. The molecule has 1 saturated heterocycles. The Morgan fingerprint density at radius 1 is 1.25 bits per heavy atom. The minimum Gasteiger partial charge on any atom is -0.345 e. The van der Waals surface area contributed by atoms with Gasteiger partial charge >= 0.3 is 5.92 Å². The highest BCUT2D eigenvalue weighted by Crippen LogP contribution is 2.38. The lowest BCUT2D eigenvalue weighted by Crippen LogP contribution is -2.46. The number of amides is 2. The van der Waals surface area contributed by atoms with Crippen LogP contribution in [0, 0.1) is 0 Å². The molecular formula is C20H18F2N4O2.